The highest BCUT2D eigenvalue weighted by atomic mass is 16.2. The first-order chi connectivity index (χ1) is 11.5. The first-order valence-electron chi connectivity index (χ1n) is 7.93. The molecule has 3 aromatic rings. The zero-order chi connectivity index (χ0) is 17.1. The molecule has 1 N–H and O–H groups in total. The van der Waals surface area contributed by atoms with Crippen molar-refractivity contribution in [1.82, 2.24) is 29.5 Å². The van der Waals surface area contributed by atoms with Gasteiger partial charge in [0.1, 0.15) is 5.82 Å². The Morgan fingerprint density at radius 2 is 2.12 bits per heavy atom. The highest BCUT2D eigenvalue weighted by Gasteiger charge is 2.11. The standard InChI is InChI=1S/C17H22N6O/c1-13-20-15-6-4-5-7-16(15)23(13)9-8-18-17(24)21(2)11-14-10-19-22(3)12-14/h4-7,10,12H,8-9,11H2,1-3H3,(H,18,24). The predicted molar refractivity (Wildman–Crippen MR) is 92.5 cm³/mol. The fourth-order valence-corrected chi connectivity index (χ4v) is 2.79. The van der Waals surface area contributed by atoms with Crippen molar-refractivity contribution >= 4 is 17.1 Å². The molecule has 126 valence electrons. The fourth-order valence-electron chi connectivity index (χ4n) is 2.79. The monoisotopic (exact) mass is 326 g/mol. The Labute approximate surface area is 140 Å². The van der Waals surface area contributed by atoms with Crippen molar-refractivity contribution in [3.63, 3.8) is 0 Å². The van der Waals surface area contributed by atoms with Gasteiger partial charge in [0.2, 0.25) is 0 Å². The molecule has 3 rings (SSSR count). The summed E-state index contributed by atoms with van der Waals surface area (Å²) in [5, 5.41) is 7.06. The third-order valence-electron chi connectivity index (χ3n) is 3.98. The van der Waals surface area contributed by atoms with Crippen molar-refractivity contribution < 1.29 is 4.79 Å². The summed E-state index contributed by atoms with van der Waals surface area (Å²) in [5.74, 6) is 0.953. The van der Waals surface area contributed by atoms with Gasteiger partial charge < -0.3 is 14.8 Å². The Hall–Kier alpha value is -2.83. The highest BCUT2D eigenvalue weighted by Crippen LogP contribution is 2.14. The molecule has 0 fully saturated rings. The number of aryl methyl sites for hydroxylation is 2. The molecule has 0 aliphatic heterocycles. The van der Waals surface area contributed by atoms with E-state index in [9.17, 15) is 4.79 Å². The summed E-state index contributed by atoms with van der Waals surface area (Å²) < 4.78 is 3.85. The maximum atomic E-state index is 12.2. The lowest BCUT2D eigenvalue weighted by Crippen LogP contribution is -2.38. The molecule has 1 aromatic carbocycles. The number of benzene rings is 1. The third-order valence-corrected chi connectivity index (χ3v) is 3.98. The molecule has 0 saturated heterocycles. The second-order valence-electron chi connectivity index (χ2n) is 5.91. The number of aromatic nitrogens is 4. The molecule has 2 amide bonds. The SMILES string of the molecule is Cc1nc2ccccc2n1CCNC(=O)N(C)Cc1cnn(C)c1. The van der Waals surface area contributed by atoms with Crippen LogP contribution in [0.1, 0.15) is 11.4 Å². The summed E-state index contributed by atoms with van der Waals surface area (Å²) in [4.78, 5) is 18.4. The molecule has 0 aliphatic carbocycles. The van der Waals surface area contributed by atoms with Crippen molar-refractivity contribution in [3.05, 3.63) is 48.0 Å². The van der Waals surface area contributed by atoms with Crippen molar-refractivity contribution in [3.8, 4) is 0 Å². The number of fused-ring (bicyclic) bond motifs is 1. The molecule has 0 spiro atoms. The lowest BCUT2D eigenvalue weighted by atomic mass is 10.3. The van der Waals surface area contributed by atoms with Crippen molar-refractivity contribution in [2.45, 2.75) is 20.0 Å². The molecule has 0 aliphatic rings. The zero-order valence-corrected chi connectivity index (χ0v) is 14.2. The summed E-state index contributed by atoms with van der Waals surface area (Å²) >= 11 is 0. The highest BCUT2D eigenvalue weighted by molar-refractivity contribution is 5.76. The molecule has 0 bridgehead atoms. The van der Waals surface area contributed by atoms with Gasteiger partial charge in [0.15, 0.2) is 0 Å². The Balaban J connectivity index is 1.55. The van der Waals surface area contributed by atoms with E-state index in [1.807, 2.05) is 44.4 Å². The van der Waals surface area contributed by atoms with Crippen LogP contribution in [0.2, 0.25) is 0 Å². The molecule has 2 aromatic heterocycles. The summed E-state index contributed by atoms with van der Waals surface area (Å²) in [6.45, 7) is 3.76. The van der Waals surface area contributed by atoms with Crippen LogP contribution in [-0.2, 0) is 20.1 Å². The van der Waals surface area contributed by atoms with Crippen molar-refractivity contribution in [2.24, 2.45) is 7.05 Å². The third kappa shape index (κ3) is 3.40. The minimum absolute atomic E-state index is 0.0964. The number of imidazole rings is 1. The first kappa shape index (κ1) is 16.0. The van der Waals surface area contributed by atoms with Crippen LogP contribution in [0.5, 0.6) is 0 Å². The fraction of sp³-hybridized carbons (Fsp3) is 0.353. The minimum Gasteiger partial charge on any atom is -0.336 e. The van der Waals surface area contributed by atoms with Gasteiger partial charge >= 0.3 is 6.03 Å². The number of carbonyl (C=O) groups is 1. The molecule has 0 unspecified atom stereocenters. The molecule has 0 radical (unpaired) electrons. The smallest absolute Gasteiger partial charge is 0.317 e. The molecule has 7 nitrogen and oxygen atoms in total. The normalized spacial score (nSPS) is 11.0. The number of amides is 2. The number of hydrogen-bond donors (Lipinski definition) is 1. The zero-order valence-electron chi connectivity index (χ0n) is 14.2. The molecule has 0 saturated carbocycles. The Kier molecular flexibility index (Phi) is 4.50. The second kappa shape index (κ2) is 6.74. The molecule has 0 atom stereocenters. The Bertz CT molecular complexity index is 850. The van der Waals surface area contributed by atoms with Gasteiger partial charge in [0.05, 0.1) is 23.8 Å². The number of para-hydroxylation sites is 2. The van der Waals surface area contributed by atoms with Crippen LogP contribution in [0.25, 0.3) is 11.0 Å². The second-order valence-corrected chi connectivity index (χ2v) is 5.91. The minimum atomic E-state index is -0.0964. The van der Waals surface area contributed by atoms with Gasteiger partial charge in [-0.05, 0) is 19.1 Å². The van der Waals surface area contributed by atoms with Crippen LogP contribution in [0.15, 0.2) is 36.7 Å². The average Bonchev–Trinajstić information content (AvgIpc) is 3.10. The van der Waals surface area contributed by atoms with E-state index in [1.54, 1.807) is 22.8 Å². The number of hydrogen-bond acceptors (Lipinski definition) is 3. The Morgan fingerprint density at radius 1 is 1.33 bits per heavy atom. The molecule has 7 heteroatoms. The summed E-state index contributed by atoms with van der Waals surface area (Å²) in [7, 11) is 3.64. The van der Waals surface area contributed by atoms with Crippen LogP contribution in [-0.4, -0.2) is 43.9 Å². The van der Waals surface area contributed by atoms with Gasteiger partial charge in [0.25, 0.3) is 0 Å². The molecular weight excluding hydrogens is 304 g/mol. The molecular formula is C17H22N6O. The van der Waals surface area contributed by atoms with E-state index in [0.717, 1.165) is 22.4 Å². The number of rotatable bonds is 5. The first-order valence-corrected chi connectivity index (χ1v) is 7.93. The van der Waals surface area contributed by atoms with Gasteiger partial charge in [-0.2, -0.15) is 5.10 Å². The maximum absolute atomic E-state index is 12.2. The number of nitrogens with zero attached hydrogens (tertiary/aromatic N) is 5. The predicted octanol–water partition coefficient (Wildman–Crippen LogP) is 1.92. The number of carbonyl (C=O) groups excluding carboxylic acids is 1. The summed E-state index contributed by atoms with van der Waals surface area (Å²) in [6.07, 6.45) is 3.68. The topological polar surface area (TPSA) is 68.0 Å². The van der Waals surface area contributed by atoms with Gasteiger partial charge in [-0.15, -0.1) is 0 Å². The van der Waals surface area contributed by atoms with Gasteiger partial charge in [0, 0.05) is 38.9 Å². The van der Waals surface area contributed by atoms with E-state index in [1.165, 1.54) is 0 Å². The van der Waals surface area contributed by atoms with E-state index in [0.29, 0.717) is 19.6 Å². The Morgan fingerprint density at radius 3 is 2.88 bits per heavy atom. The van der Waals surface area contributed by atoms with Crippen molar-refractivity contribution in [1.29, 1.82) is 0 Å². The van der Waals surface area contributed by atoms with Crippen molar-refractivity contribution in [2.75, 3.05) is 13.6 Å². The van der Waals surface area contributed by atoms with Crippen LogP contribution in [0.3, 0.4) is 0 Å². The van der Waals surface area contributed by atoms with Crippen LogP contribution in [0, 0.1) is 6.92 Å². The molecule has 24 heavy (non-hydrogen) atoms. The van der Waals surface area contributed by atoms with Gasteiger partial charge in [-0.1, -0.05) is 12.1 Å². The van der Waals surface area contributed by atoms with E-state index >= 15 is 0 Å². The lowest BCUT2D eigenvalue weighted by molar-refractivity contribution is 0.206. The van der Waals surface area contributed by atoms with Gasteiger partial charge in [-0.25, -0.2) is 9.78 Å². The van der Waals surface area contributed by atoms with Crippen LogP contribution < -0.4 is 5.32 Å². The lowest BCUT2D eigenvalue weighted by Gasteiger charge is -2.17. The van der Waals surface area contributed by atoms with E-state index in [-0.39, 0.29) is 6.03 Å². The number of nitrogens with one attached hydrogen (secondary N) is 1. The quantitative estimate of drug-likeness (QED) is 0.779. The van der Waals surface area contributed by atoms with E-state index in [4.69, 9.17) is 0 Å². The maximum Gasteiger partial charge on any atom is 0.317 e. The summed E-state index contributed by atoms with van der Waals surface area (Å²) in [6, 6.07) is 7.93. The summed E-state index contributed by atoms with van der Waals surface area (Å²) in [5.41, 5.74) is 3.08. The molecule has 2 heterocycles. The average molecular weight is 326 g/mol. The largest absolute Gasteiger partial charge is 0.336 e. The van der Waals surface area contributed by atoms with Gasteiger partial charge in [-0.3, -0.25) is 4.68 Å². The van der Waals surface area contributed by atoms with Crippen LogP contribution in [0.4, 0.5) is 4.79 Å². The van der Waals surface area contributed by atoms with E-state index < -0.39 is 0 Å². The van der Waals surface area contributed by atoms with E-state index in [2.05, 4.69) is 20.0 Å². The number of urea groups is 1. The van der Waals surface area contributed by atoms with Crippen LogP contribution >= 0.6 is 0 Å².